The van der Waals surface area contributed by atoms with Crippen molar-refractivity contribution in [2.24, 2.45) is 0 Å². The molecule has 0 bridgehead atoms. The number of terminal acetylenes is 1. The van der Waals surface area contributed by atoms with Gasteiger partial charge in [-0.2, -0.15) is 0 Å². The van der Waals surface area contributed by atoms with Gasteiger partial charge < -0.3 is 10.3 Å². The number of fused-ring (bicyclic) bond motifs is 1. The van der Waals surface area contributed by atoms with Crippen LogP contribution in [0, 0.1) is 12.3 Å². The van der Waals surface area contributed by atoms with Crippen LogP contribution < -0.4 is 10.6 Å². The Kier molecular flexibility index (Phi) is 3.45. The van der Waals surface area contributed by atoms with Gasteiger partial charge in [0, 0.05) is 25.4 Å². The average Bonchev–Trinajstić information content (AvgIpc) is 2.75. The number of imidazole rings is 1. The predicted octanol–water partition coefficient (Wildman–Crippen LogP) is -0.0480. The van der Waals surface area contributed by atoms with Crippen LogP contribution in [-0.2, 0) is 17.8 Å². The van der Waals surface area contributed by atoms with Crippen LogP contribution in [0.3, 0.4) is 0 Å². The second-order valence-electron chi connectivity index (χ2n) is 4.28. The Bertz CT molecular complexity index is 446. The molecule has 1 aliphatic rings. The van der Waals surface area contributed by atoms with E-state index in [1.807, 2.05) is 6.92 Å². The van der Waals surface area contributed by atoms with E-state index in [1.54, 1.807) is 6.33 Å². The summed E-state index contributed by atoms with van der Waals surface area (Å²) >= 11 is 0. The highest BCUT2D eigenvalue weighted by molar-refractivity contribution is 5.82. The van der Waals surface area contributed by atoms with Gasteiger partial charge >= 0.3 is 0 Å². The number of nitrogens with one attached hydrogen (secondary N) is 3. The molecule has 3 N–H and O–H groups in total. The van der Waals surface area contributed by atoms with E-state index in [9.17, 15) is 4.79 Å². The molecule has 1 amide bonds. The quantitative estimate of drug-likeness (QED) is 0.640. The van der Waals surface area contributed by atoms with Crippen molar-refractivity contribution >= 4 is 5.91 Å². The minimum absolute atomic E-state index is 0.00915. The Morgan fingerprint density at radius 3 is 3.41 bits per heavy atom. The van der Waals surface area contributed by atoms with Crippen LogP contribution in [-0.4, -0.2) is 28.0 Å². The predicted molar refractivity (Wildman–Crippen MR) is 64.0 cm³/mol. The molecule has 1 aromatic rings. The number of H-pyrrole nitrogens is 1. The first-order valence-corrected chi connectivity index (χ1v) is 5.69. The van der Waals surface area contributed by atoms with E-state index >= 15 is 0 Å². The number of aromatic nitrogens is 2. The molecule has 0 aromatic carbocycles. The molecule has 0 fully saturated rings. The molecular formula is C12H16N4O. The fourth-order valence-electron chi connectivity index (χ4n) is 1.93. The lowest BCUT2D eigenvalue weighted by Crippen LogP contribution is -2.49. The number of hydrogen-bond acceptors (Lipinski definition) is 3. The van der Waals surface area contributed by atoms with Crippen LogP contribution in [0.15, 0.2) is 6.33 Å². The topological polar surface area (TPSA) is 69.8 Å². The summed E-state index contributed by atoms with van der Waals surface area (Å²) in [5, 5.41) is 6.07. The number of nitrogens with zero attached hydrogens (tertiary/aromatic N) is 1. The van der Waals surface area contributed by atoms with Crippen LogP contribution >= 0.6 is 0 Å². The third kappa shape index (κ3) is 2.66. The molecule has 1 aromatic heterocycles. The Balaban J connectivity index is 1.92. The zero-order valence-electron chi connectivity index (χ0n) is 9.79. The van der Waals surface area contributed by atoms with E-state index in [0.717, 1.165) is 11.4 Å². The second-order valence-corrected chi connectivity index (χ2v) is 4.28. The molecule has 17 heavy (non-hydrogen) atoms. The fourth-order valence-corrected chi connectivity index (χ4v) is 1.93. The number of aromatic amines is 1. The molecule has 0 saturated carbocycles. The van der Waals surface area contributed by atoms with Crippen molar-refractivity contribution in [3.63, 3.8) is 0 Å². The van der Waals surface area contributed by atoms with Gasteiger partial charge in [0.2, 0.25) is 5.91 Å². The first-order chi connectivity index (χ1) is 8.20. The van der Waals surface area contributed by atoms with Crippen molar-refractivity contribution in [2.75, 3.05) is 0 Å². The van der Waals surface area contributed by atoms with E-state index < -0.39 is 0 Å². The smallest absolute Gasteiger partial charge is 0.237 e. The second kappa shape index (κ2) is 5.02. The largest absolute Gasteiger partial charge is 0.351 e. The average molecular weight is 232 g/mol. The lowest BCUT2D eigenvalue weighted by atomic mass is 10.0. The summed E-state index contributed by atoms with van der Waals surface area (Å²) in [6, 6.07) is -0.207. The van der Waals surface area contributed by atoms with Crippen LogP contribution in [0.4, 0.5) is 0 Å². The molecule has 2 atom stereocenters. The van der Waals surface area contributed by atoms with E-state index in [2.05, 4.69) is 26.5 Å². The minimum Gasteiger partial charge on any atom is -0.351 e. The number of amides is 1. The van der Waals surface area contributed by atoms with Gasteiger partial charge in [-0.1, -0.05) is 0 Å². The maximum Gasteiger partial charge on any atom is 0.237 e. The third-order valence-corrected chi connectivity index (χ3v) is 2.86. The lowest BCUT2D eigenvalue weighted by Gasteiger charge is -2.23. The zero-order valence-corrected chi connectivity index (χ0v) is 9.79. The number of rotatable bonds is 3. The lowest BCUT2D eigenvalue weighted by molar-refractivity contribution is -0.123. The Morgan fingerprint density at radius 1 is 1.82 bits per heavy atom. The molecule has 2 heterocycles. The normalized spacial score (nSPS) is 20.1. The van der Waals surface area contributed by atoms with Gasteiger partial charge in [0.1, 0.15) is 0 Å². The van der Waals surface area contributed by atoms with Crippen molar-refractivity contribution in [1.82, 2.24) is 20.6 Å². The molecule has 0 spiro atoms. The summed E-state index contributed by atoms with van der Waals surface area (Å²) in [7, 11) is 0. The van der Waals surface area contributed by atoms with Crippen molar-refractivity contribution in [2.45, 2.75) is 38.4 Å². The van der Waals surface area contributed by atoms with E-state index in [4.69, 9.17) is 6.42 Å². The van der Waals surface area contributed by atoms with Gasteiger partial charge in [-0.3, -0.25) is 10.1 Å². The standard InChI is InChI=1S/C12H16N4O/c1-3-4-8(2)16-12(17)10-5-9-11(6-13-10)15-7-14-9/h1,7-8,10,13H,4-6H2,2H3,(H,14,15)(H,16,17). The van der Waals surface area contributed by atoms with Crippen molar-refractivity contribution in [3.8, 4) is 12.3 Å². The minimum atomic E-state index is -0.217. The highest BCUT2D eigenvalue weighted by Crippen LogP contribution is 2.12. The van der Waals surface area contributed by atoms with Gasteiger partial charge in [0.15, 0.2) is 0 Å². The number of hydrogen-bond donors (Lipinski definition) is 3. The highest BCUT2D eigenvalue weighted by Gasteiger charge is 2.26. The summed E-state index contributed by atoms with van der Waals surface area (Å²) in [6.07, 6.45) is 8.03. The monoisotopic (exact) mass is 232 g/mol. The van der Waals surface area contributed by atoms with E-state index in [1.165, 1.54) is 0 Å². The van der Waals surface area contributed by atoms with Crippen LogP contribution in [0.5, 0.6) is 0 Å². The summed E-state index contributed by atoms with van der Waals surface area (Å²) in [5.41, 5.74) is 2.03. The molecule has 1 aliphatic heterocycles. The highest BCUT2D eigenvalue weighted by atomic mass is 16.2. The van der Waals surface area contributed by atoms with Gasteiger partial charge in [-0.25, -0.2) is 4.98 Å². The third-order valence-electron chi connectivity index (χ3n) is 2.86. The number of carbonyl (C=O) groups excluding carboxylic acids is 1. The van der Waals surface area contributed by atoms with Gasteiger partial charge in [-0.15, -0.1) is 12.3 Å². The zero-order chi connectivity index (χ0) is 12.3. The fraction of sp³-hybridized carbons (Fsp3) is 0.500. The Morgan fingerprint density at radius 2 is 2.65 bits per heavy atom. The molecule has 0 saturated heterocycles. The molecule has 0 aliphatic carbocycles. The van der Waals surface area contributed by atoms with E-state index in [0.29, 0.717) is 19.4 Å². The number of carbonyl (C=O) groups is 1. The van der Waals surface area contributed by atoms with Gasteiger partial charge in [0.25, 0.3) is 0 Å². The molecule has 0 radical (unpaired) electrons. The first kappa shape index (κ1) is 11.7. The summed E-state index contributed by atoms with van der Waals surface area (Å²) in [6.45, 7) is 2.55. The maximum absolute atomic E-state index is 11.9. The van der Waals surface area contributed by atoms with Crippen molar-refractivity contribution in [3.05, 3.63) is 17.7 Å². The molecule has 5 nitrogen and oxygen atoms in total. The van der Waals surface area contributed by atoms with E-state index in [-0.39, 0.29) is 18.0 Å². The van der Waals surface area contributed by atoms with Gasteiger partial charge in [-0.05, 0) is 6.92 Å². The van der Waals surface area contributed by atoms with Crippen LogP contribution in [0.25, 0.3) is 0 Å². The summed E-state index contributed by atoms with van der Waals surface area (Å²) < 4.78 is 0. The van der Waals surface area contributed by atoms with Crippen LogP contribution in [0.1, 0.15) is 24.7 Å². The summed E-state index contributed by atoms with van der Waals surface area (Å²) in [5.74, 6) is 2.52. The Labute approximate surface area is 100 Å². The summed E-state index contributed by atoms with van der Waals surface area (Å²) in [4.78, 5) is 19.2. The van der Waals surface area contributed by atoms with Gasteiger partial charge in [0.05, 0.1) is 23.8 Å². The molecule has 2 unspecified atom stereocenters. The first-order valence-electron chi connectivity index (χ1n) is 5.69. The maximum atomic E-state index is 11.9. The van der Waals surface area contributed by atoms with Crippen LogP contribution in [0.2, 0.25) is 0 Å². The molecule has 5 heteroatoms. The molecule has 2 rings (SSSR count). The molecular weight excluding hydrogens is 216 g/mol. The van der Waals surface area contributed by atoms with Crippen molar-refractivity contribution in [1.29, 1.82) is 0 Å². The Hall–Kier alpha value is -1.80. The SMILES string of the molecule is C#CCC(C)NC(=O)C1Cc2nc[nH]c2CN1. The molecule has 90 valence electrons. The van der Waals surface area contributed by atoms with Crippen molar-refractivity contribution < 1.29 is 4.79 Å².